The predicted octanol–water partition coefficient (Wildman–Crippen LogP) is 3.15. The summed E-state index contributed by atoms with van der Waals surface area (Å²) in [6.45, 7) is -1.07. The molecule has 248 valence electrons. The largest absolute Gasteiger partial charge is 0.492 e. The number of aliphatic hydroxyl groups excluding tert-OH is 3. The number of methoxy groups -OCH3 is 1. The first-order valence-electron chi connectivity index (χ1n) is 15.1. The maximum atomic E-state index is 14.8. The number of aliphatic hydroxyl groups is 3. The zero-order valence-corrected chi connectivity index (χ0v) is 26.6. The molecule has 0 saturated carbocycles. The third-order valence-corrected chi connectivity index (χ3v) is 10.0. The Bertz CT molecular complexity index is 1690. The lowest BCUT2D eigenvalue weighted by molar-refractivity contribution is -0.0565. The van der Waals surface area contributed by atoms with Crippen LogP contribution in [0.5, 0.6) is 11.5 Å². The number of hydrogen-bond acceptors (Lipinski definition) is 9. The van der Waals surface area contributed by atoms with Crippen molar-refractivity contribution in [3.63, 3.8) is 0 Å². The fraction of sp³-hybridized carbons (Fsp3) is 0.286. The van der Waals surface area contributed by atoms with Crippen LogP contribution in [-0.4, -0.2) is 82.9 Å². The van der Waals surface area contributed by atoms with E-state index in [1.54, 1.807) is 84.9 Å². The molecule has 11 nitrogen and oxygen atoms in total. The Labute approximate surface area is 274 Å². The highest BCUT2D eigenvalue weighted by atomic mass is 32.2. The summed E-state index contributed by atoms with van der Waals surface area (Å²) in [6.07, 6.45) is -3.17. The highest BCUT2D eigenvalue weighted by Crippen LogP contribution is 2.31. The minimum absolute atomic E-state index is 0.162. The molecule has 4 aromatic carbocycles. The van der Waals surface area contributed by atoms with Gasteiger partial charge in [-0.15, -0.1) is 0 Å². The number of ether oxygens (including phenoxy) is 3. The summed E-state index contributed by atoms with van der Waals surface area (Å²) in [5.74, 6) is 0.392. The third kappa shape index (κ3) is 8.17. The van der Waals surface area contributed by atoms with Crippen LogP contribution in [0.25, 0.3) is 0 Å². The lowest BCUT2D eigenvalue weighted by Gasteiger charge is -2.34. The van der Waals surface area contributed by atoms with E-state index in [2.05, 4.69) is 0 Å². The summed E-state index contributed by atoms with van der Waals surface area (Å²) >= 11 is 0. The van der Waals surface area contributed by atoms with Gasteiger partial charge >= 0.3 is 5.97 Å². The average molecular weight is 663 g/mol. The summed E-state index contributed by atoms with van der Waals surface area (Å²) in [5.41, 5.74) is 2.07. The maximum absolute atomic E-state index is 14.8. The lowest BCUT2D eigenvalue weighted by atomic mass is 9.99. The molecule has 4 atom stereocenters. The van der Waals surface area contributed by atoms with Crippen molar-refractivity contribution in [2.45, 2.75) is 44.0 Å². The number of nitrogens with zero attached hydrogens (tertiary/aromatic N) is 2. The van der Waals surface area contributed by atoms with Crippen molar-refractivity contribution in [3.05, 3.63) is 131 Å². The molecule has 1 fully saturated rings. The van der Waals surface area contributed by atoms with E-state index < -0.39 is 40.5 Å². The summed E-state index contributed by atoms with van der Waals surface area (Å²) in [4.78, 5) is 12.0. The first-order chi connectivity index (χ1) is 22.7. The van der Waals surface area contributed by atoms with Crippen molar-refractivity contribution in [2.24, 2.45) is 0 Å². The number of carbonyl (C=O) groups is 1. The van der Waals surface area contributed by atoms with Gasteiger partial charge in [-0.05, 0) is 53.1 Å². The van der Waals surface area contributed by atoms with Crippen molar-refractivity contribution in [1.29, 1.82) is 0 Å². The first kappa shape index (κ1) is 34.0. The van der Waals surface area contributed by atoms with Gasteiger partial charge in [0.05, 0.1) is 31.4 Å². The standard InChI is InChI=1S/C35H38N2O9S/c1-44-35(41)28-18-16-26(17-19-28)21-37-32(24-46-30-10-6-3-7-11-30)34(40)33(39)31(23-45-29-8-4-2-5-9-29)36(47(37,42)43)20-25-12-14-27(22-38)15-13-25/h2-19,31-34,38-40H,20-24H2,1H3/t31-,32-,33+,34+/m1/s1. The number of benzene rings is 4. The van der Waals surface area contributed by atoms with Crippen molar-refractivity contribution >= 4 is 16.2 Å². The van der Waals surface area contributed by atoms with Crippen LogP contribution in [-0.2, 0) is 34.6 Å². The van der Waals surface area contributed by atoms with Crippen molar-refractivity contribution in [2.75, 3.05) is 20.3 Å². The quantitative estimate of drug-likeness (QED) is 0.195. The number of hydrogen-bond donors (Lipinski definition) is 3. The van der Waals surface area contributed by atoms with Gasteiger partial charge in [-0.3, -0.25) is 0 Å². The van der Waals surface area contributed by atoms with Crippen LogP contribution in [0.15, 0.2) is 109 Å². The van der Waals surface area contributed by atoms with Crippen molar-refractivity contribution in [3.8, 4) is 11.5 Å². The molecular weight excluding hydrogens is 624 g/mol. The Hall–Kier alpha value is -4.30. The smallest absolute Gasteiger partial charge is 0.337 e. The second-order valence-corrected chi connectivity index (χ2v) is 13.0. The number of carbonyl (C=O) groups excluding carboxylic acids is 1. The van der Waals surface area contributed by atoms with Crippen LogP contribution in [0, 0.1) is 0 Å². The summed E-state index contributed by atoms with van der Waals surface area (Å²) in [6, 6.07) is 28.2. The maximum Gasteiger partial charge on any atom is 0.337 e. The molecule has 0 aromatic heterocycles. The Morgan fingerprint density at radius 2 is 1.06 bits per heavy atom. The molecule has 4 aromatic rings. The van der Waals surface area contributed by atoms with E-state index in [0.29, 0.717) is 33.8 Å². The van der Waals surface area contributed by atoms with E-state index in [-0.39, 0.29) is 32.9 Å². The second-order valence-electron chi connectivity index (χ2n) is 11.1. The zero-order valence-electron chi connectivity index (χ0n) is 25.8. The number of rotatable bonds is 12. The van der Waals surface area contributed by atoms with E-state index in [1.807, 2.05) is 12.1 Å². The molecule has 0 bridgehead atoms. The molecule has 0 aliphatic carbocycles. The van der Waals surface area contributed by atoms with Gasteiger partial charge in [0.1, 0.15) is 36.9 Å². The number of para-hydroxylation sites is 2. The Morgan fingerprint density at radius 3 is 1.47 bits per heavy atom. The van der Waals surface area contributed by atoms with Crippen LogP contribution in [0.1, 0.15) is 27.0 Å². The SMILES string of the molecule is COC(=O)c1ccc(CN2[C@H](COc3ccccc3)[C@H](O)[C@@H](O)[C@@H](COc3ccccc3)N(Cc3ccc(CO)cc3)S2(=O)=O)cc1. The molecule has 1 saturated heterocycles. The predicted molar refractivity (Wildman–Crippen MR) is 174 cm³/mol. The molecule has 12 heteroatoms. The highest BCUT2D eigenvalue weighted by Gasteiger charge is 2.51. The second kappa shape index (κ2) is 15.5. The monoisotopic (exact) mass is 662 g/mol. The lowest BCUT2D eigenvalue weighted by Crippen LogP contribution is -2.52. The summed E-state index contributed by atoms with van der Waals surface area (Å²) in [7, 11) is -3.20. The molecule has 3 N–H and O–H groups in total. The molecule has 1 aliphatic rings. The van der Waals surface area contributed by atoms with Crippen LogP contribution in [0.2, 0.25) is 0 Å². The van der Waals surface area contributed by atoms with E-state index in [0.717, 1.165) is 8.61 Å². The summed E-state index contributed by atoms with van der Waals surface area (Å²) < 4.78 is 48.7. The Kier molecular flexibility index (Phi) is 11.2. The fourth-order valence-electron chi connectivity index (χ4n) is 5.40. The molecule has 1 aliphatic heterocycles. The number of esters is 1. The van der Waals surface area contributed by atoms with Crippen LogP contribution >= 0.6 is 0 Å². The minimum atomic E-state index is -4.47. The van der Waals surface area contributed by atoms with Crippen molar-refractivity contribution in [1.82, 2.24) is 8.61 Å². The van der Waals surface area contributed by atoms with Gasteiger partial charge in [-0.1, -0.05) is 72.8 Å². The van der Waals surface area contributed by atoms with Gasteiger partial charge in [0.2, 0.25) is 0 Å². The summed E-state index contributed by atoms with van der Waals surface area (Å²) in [5, 5.41) is 33.0. The van der Waals surface area contributed by atoms with Gasteiger partial charge in [-0.25, -0.2) is 4.79 Å². The first-order valence-corrected chi connectivity index (χ1v) is 16.5. The van der Waals surface area contributed by atoms with Gasteiger partial charge in [0.25, 0.3) is 10.2 Å². The molecule has 0 radical (unpaired) electrons. The average Bonchev–Trinajstić information content (AvgIpc) is 3.15. The molecule has 5 rings (SSSR count). The molecule has 0 unspecified atom stereocenters. The van der Waals surface area contributed by atoms with E-state index in [1.165, 1.54) is 19.2 Å². The van der Waals surface area contributed by atoms with E-state index in [9.17, 15) is 28.5 Å². The molecule has 0 spiro atoms. The van der Waals surface area contributed by atoms with Crippen LogP contribution < -0.4 is 9.47 Å². The fourth-order valence-corrected chi connectivity index (χ4v) is 7.35. The van der Waals surface area contributed by atoms with Gasteiger partial charge in [0, 0.05) is 13.1 Å². The Balaban J connectivity index is 1.56. The normalized spacial score (nSPS) is 21.4. The van der Waals surface area contributed by atoms with Gasteiger partial charge < -0.3 is 29.5 Å². The van der Waals surface area contributed by atoms with Gasteiger partial charge in [-0.2, -0.15) is 17.0 Å². The van der Waals surface area contributed by atoms with Gasteiger partial charge in [0.15, 0.2) is 0 Å². The van der Waals surface area contributed by atoms with Crippen molar-refractivity contribution < 1.29 is 42.7 Å². The Morgan fingerprint density at radius 1 is 0.660 bits per heavy atom. The van der Waals surface area contributed by atoms with E-state index in [4.69, 9.17) is 14.2 Å². The molecule has 0 amide bonds. The van der Waals surface area contributed by atoms with Crippen LogP contribution in [0.3, 0.4) is 0 Å². The van der Waals surface area contributed by atoms with E-state index >= 15 is 0 Å². The topological polar surface area (TPSA) is 146 Å². The molecule has 47 heavy (non-hydrogen) atoms. The third-order valence-electron chi connectivity index (χ3n) is 8.06. The molecular formula is C35H38N2O9S. The minimum Gasteiger partial charge on any atom is -0.492 e. The molecule has 1 heterocycles. The van der Waals surface area contributed by atoms with Crippen LogP contribution in [0.4, 0.5) is 0 Å². The zero-order chi connectivity index (χ0) is 33.4. The highest BCUT2D eigenvalue weighted by molar-refractivity contribution is 7.86.